The van der Waals surface area contributed by atoms with Gasteiger partial charge in [0.2, 0.25) is 0 Å². The van der Waals surface area contributed by atoms with Crippen molar-refractivity contribution in [1.29, 1.82) is 0 Å². The molecule has 5 aliphatic rings. The number of hydrogen-bond donors (Lipinski definition) is 0. The molecule has 2 aliphatic heterocycles. The van der Waals surface area contributed by atoms with E-state index in [1.165, 1.54) is 112 Å². The predicted octanol–water partition coefficient (Wildman–Crippen LogP) is 15.8. The van der Waals surface area contributed by atoms with E-state index in [1.807, 2.05) is 0 Å². The van der Waals surface area contributed by atoms with Crippen LogP contribution in [0.25, 0.3) is 33.1 Å². The third kappa shape index (κ3) is 5.87. The number of aryl methyl sites for hydroxylation is 2. The van der Waals surface area contributed by atoms with Crippen LogP contribution in [0, 0.1) is 13.8 Å². The van der Waals surface area contributed by atoms with Crippen molar-refractivity contribution in [3.05, 3.63) is 160 Å². The summed E-state index contributed by atoms with van der Waals surface area (Å²) in [6.45, 7) is 34.1. The first-order chi connectivity index (χ1) is 32.5. The highest BCUT2D eigenvalue weighted by atomic mass is 16.3. The molecule has 8 aromatic rings. The summed E-state index contributed by atoms with van der Waals surface area (Å²) in [5.74, 6) is 0. The second-order valence-corrected chi connectivity index (χ2v) is 26.1. The van der Waals surface area contributed by atoms with Crippen molar-refractivity contribution in [2.45, 2.75) is 149 Å². The summed E-state index contributed by atoms with van der Waals surface area (Å²) >= 11 is 0. The van der Waals surface area contributed by atoms with Crippen LogP contribution in [-0.4, -0.2) is 6.71 Å². The maximum atomic E-state index is 6.53. The Labute approximate surface area is 411 Å². The third-order valence-electron chi connectivity index (χ3n) is 17.9. The molecule has 0 spiro atoms. The van der Waals surface area contributed by atoms with E-state index >= 15 is 0 Å². The van der Waals surface area contributed by atoms with Gasteiger partial charge in [0.25, 0.3) is 6.71 Å². The molecule has 0 radical (unpaired) electrons. The summed E-state index contributed by atoms with van der Waals surface area (Å²) in [7, 11) is 0. The molecule has 0 unspecified atom stereocenters. The molecule has 346 valence electrons. The Morgan fingerprint density at radius 1 is 0.435 bits per heavy atom. The summed E-state index contributed by atoms with van der Waals surface area (Å²) in [4.78, 5) is 5.36. The SMILES string of the molecule is Cc1cc2c3c(c1)N(c1cc4c(cc1C)C(C)(C)CC4(C)C)c1ccc(-c4cccc5oc6ccccc6c45)cc1B3c1cc3c(cc1N2c1ccc2c(c1)C(C)(C)CC2(C)C)C(C)(C)CC3(C)C. The van der Waals surface area contributed by atoms with E-state index < -0.39 is 0 Å². The smallest absolute Gasteiger partial charge is 0.252 e. The molecular weight excluding hydrogens is 836 g/mol. The predicted molar refractivity (Wildman–Crippen MR) is 295 cm³/mol. The minimum atomic E-state index is -0.00642. The summed E-state index contributed by atoms with van der Waals surface area (Å²) < 4.78 is 6.53. The average Bonchev–Trinajstić information content (AvgIpc) is 3.86. The van der Waals surface area contributed by atoms with Crippen molar-refractivity contribution in [3.63, 3.8) is 0 Å². The first-order valence-electron chi connectivity index (χ1n) is 25.7. The van der Waals surface area contributed by atoms with E-state index in [0.29, 0.717) is 0 Å². The first kappa shape index (κ1) is 43.1. The second-order valence-electron chi connectivity index (χ2n) is 26.1. The molecular formula is C65H67BN2O. The molecule has 0 saturated heterocycles. The fourth-order valence-electron chi connectivity index (χ4n) is 15.8. The monoisotopic (exact) mass is 903 g/mol. The zero-order chi connectivity index (χ0) is 48.3. The Morgan fingerprint density at radius 3 is 1.67 bits per heavy atom. The summed E-state index contributed by atoms with van der Waals surface area (Å²) in [6.07, 6.45) is 3.38. The second kappa shape index (κ2) is 13.4. The summed E-state index contributed by atoms with van der Waals surface area (Å²) in [5.41, 5.74) is 28.0. The molecule has 69 heavy (non-hydrogen) atoms. The number of rotatable bonds is 3. The highest BCUT2D eigenvalue weighted by molar-refractivity contribution is 7.00. The van der Waals surface area contributed by atoms with E-state index in [4.69, 9.17) is 4.42 Å². The van der Waals surface area contributed by atoms with Crippen molar-refractivity contribution in [2.24, 2.45) is 0 Å². The van der Waals surface area contributed by atoms with E-state index in [1.54, 1.807) is 0 Å². The van der Waals surface area contributed by atoms with Gasteiger partial charge >= 0.3 is 0 Å². The lowest BCUT2D eigenvalue weighted by atomic mass is 9.33. The van der Waals surface area contributed by atoms with Crippen LogP contribution >= 0.6 is 0 Å². The van der Waals surface area contributed by atoms with Gasteiger partial charge in [0.15, 0.2) is 0 Å². The molecule has 0 N–H and O–H groups in total. The maximum absolute atomic E-state index is 6.53. The Kier molecular flexibility index (Phi) is 8.39. The number of hydrogen-bond acceptors (Lipinski definition) is 3. The van der Waals surface area contributed by atoms with Gasteiger partial charge in [0.05, 0.1) is 0 Å². The molecule has 0 bridgehead atoms. The molecule has 0 amide bonds. The molecule has 0 saturated carbocycles. The van der Waals surface area contributed by atoms with Crippen LogP contribution in [0.15, 0.2) is 120 Å². The maximum Gasteiger partial charge on any atom is 0.252 e. The van der Waals surface area contributed by atoms with E-state index in [0.717, 1.165) is 35.8 Å². The van der Waals surface area contributed by atoms with Crippen LogP contribution in [0.2, 0.25) is 0 Å². The fourth-order valence-corrected chi connectivity index (χ4v) is 15.8. The minimum Gasteiger partial charge on any atom is -0.456 e. The van der Waals surface area contributed by atoms with Crippen LogP contribution in [-0.2, 0) is 32.5 Å². The van der Waals surface area contributed by atoms with Gasteiger partial charge in [-0.1, -0.05) is 144 Å². The standard InChI is InChI=1S/C65H67BN2O/c1-37-26-54-59-55(27-37)68(52-32-47-44(28-38(52)2)61(5,6)35-64(47,11)12)51-25-22-39(41-19-17-21-57-58(41)42-18-15-16-20-56(42)69-57)29-49(51)66(59)50-31-46-48(65(13,14)36-63(46,9)10)33-53(50)67(54)40-23-24-43-45(30-40)62(7,8)34-60(43,3)4/h15-33H,34-36H2,1-14H3. The van der Waals surface area contributed by atoms with Crippen LogP contribution < -0.4 is 26.2 Å². The zero-order valence-corrected chi connectivity index (χ0v) is 43.5. The molecule has 3 nitrogen and oxygen atoms in total. The van der Waals surface area contributed by atoms with Gasteiger partial charge < -0.3 is 14.2 Å². The van der Waals surface area contributed by atoms with Crippen LogP contribution in [0.1, 0.15) is 147 Å². The van der Waals surface area contributed by atoms with Gasteiger partial charge in [0.1, 0.15) is 11.2 Å². The van der Waals surface area contributed by atoms with Crippen LogP contribution in [0.4, 0.5) is 34.1 Å². The van der Waals surface area contributed by atoms with Gasteiger partial charge in [-0.05, 0) is 192 Å². The number of benzene rings is 7. The zero-order valence-electron chi connectivity index (χ0n) is 43.5. The quantitative estimate of drug-likeness (QED) is 0.165. The lowest BCUT2D eigenvalue weighted by Gasteiger charge is -2.45. The lowest BCUT2D eigenvalue weighted by Crippen LogP contribution is -2.61. The Hall–Kier alpha value is -6.00. The average molecular weight is 903 g/mol. The third-order valence-corrected chi connectivity index (χ3v) is 17.9. The molecule has 7 aromatic carbocycles. The van der Waals surface area contributed by atoms with Crippen LogP contribution in [0.3, 0.4) is 0 Å². The molecule has 3 heterocycles. The largest absolute Gasteiger partial charge is 0.456 e. The van der Waals surface area contributed by atoms with Gasteiger partial charge in [-0.3, -0.25) is 0 Å². The van der Waals surface area contributed by atoms with Gasteiger partial charge in [-0.15, -0.1) is 0 Å². The Balaban J connectivity index is 1.14. The number of fused-ring (bicyclic) bond motifs is 10. The van der Waals surface area contributed by atoms with E-state index in [-0.39, 0.29) is 39.2 Å². The molecule has 4 heteroatoms. The molecule has 0 fully saturated rings. The summed E-state index contributed by atoms with van der Waals surface area (Å²) in [6, 6.07) is 45.4. The van der Waals surface area contributed by atoms with E-state index in [2.05, 4.69) is 222 Å². The molecule has 0 atom stereocenters. The lowest BCUT2D eigenvalue weighted by molar-refractivity contribution is 0.402. The normalized spacial score (nSPS) is 19.9. The van der Waals surface area contributed by atoms with Crippen molar-refractivity contribution in [3.8, 4) is 11.1 Å². The van der Waals surface area contributed by atoms with Gasteiger partial charge in [0, 0.05) is 44.9 Å². The molecule has 3 aliphatic carbocycles. The Bertz CT molecular complexity index is 3590. The van der Waals surface area contributed by atoms with E-state index in [9.17, 15) is 0 Å². The highest BCUT2D eigenvalue weighted by Crippen LogP contribution is 2.57. The van der Waals surface area contributed by atoms with Gasteiger partial charge in [-0.25, -0.2) is 0 Å². The topological polar surface area (TPSA) is 19.6 Å². The molecule has 1 aromatic heterocycles. The highest BCUT2D eigenvalue weighted by Gasteiger charge is 2.50. The number of para-hydroxylation sites is 1. The van der Waals surface area contributed by atoms with Crippen molar-refractivity contribution in [1.82, 2.24) is 0 Å². The number of anilines is 6. The number of furan rings is 1. The summed E-state index contributed by atoms with van der Waals surface area (Å²) in [5, 5.41) is 2.33. The first-order valence-corrected chi connectivity index (χ1v) is 25.7. The Morgan fingerprint density at radius 2 is 0.986 bits per heavy atom. The minimum absolute atomic E-state index is 0.00642. The van der Waals surface area contributed by atoms with Crippen molar-refractivity contribution in [2.75, 3.05) is 9.80 Å². The van der Waals surface area contributed by atoms with Gasteiger partial charge in [-0.2, -0.15) is 0 Å². The van der Waals surface area contributed by atoms with Crippen LogP contribution in [0.5, 0.6) is 0 Å². The van der Waals surface area contributed by atoms with Crippen molar-refractivity contribution < 1.29 is 4.42 Å². The number of nitrogens with zero attached hydrogens (tertiary/aromatic N) is 2. The fraction of sp³-hybridized carbons (Fsp3) is 0.354. The molecule has 13 rings (SSSR count). The van der Waals surface area contributed by atoms with Crippen molar-refractivity contribution >= 4 is 79.2 Å².